The van der Waals surface area contributed by atoms with Gasteiger partial charge in [-0.1, -0.05) is 49.7 Å². The Bertz CT molecular complexity index is 939. The number of rotatable bonds is 7. The summed E-state index contributed by atoms with van der Waals surface area (Å²) in [6.45, 7) is 6.22. The van der Waals surface area contributed by atoms with E-state index >= 15 is 0 Å². The molecule has 0 saturated carbocycles. The summed E-state index contributed by atoms with van der Waals surface area (Å²) in [5.41, 5.74) is 2.35. The van der Waals surface area contributed by atoms with Gasteiger partial charge in [-0.05, 0) is 48.6 Å². The van der Waals surface area contributed by atoms with E-state index in [1.54, 1.807) is 0 Å². The fraction of sp³-hybridized carbons (Fsp3) is 0.381. The Kier molecular flexibility index (Phi) is 7.26. The van der Waals surface area contributed by atoms with Gasteiger partial charge in [0.25, 0.3) is 5.91 Å². The molecule has 0 aliphatic heterocycles. The molecule has 0 unspecified atom stereocenters. The molecule has 0 heterocycles. The van der Waals surface area contributed by atoms with Gasteiger partial charge in [0.05, 0.1) is 21.5 Å². The van der Waals surface area contributed by atoms with Crippen molar-refractivity contribution in [2.45, 2.75) is 38.1 Å². The molecule has 0 radical (unpaired) electrons. The van der Waals surface area contributed by atoms with E-state index < -0.39 is 15.9 Å². The van der Waals surface area contributed by atoms with E-state index in [0.29, 0.717) is 5.92 Å². The van der Waals surface area contributed by atoms with Gasteiger partial charge in [-0.2, -0.15) is 0 Å². The summed E-state index contributed by atoms with van der Waals surface area (Å²) in [4.78, 5) is 12.7. The molecule has 2 rings (SSSR count). The maximum Gasteiger partial charge on any atom is 0.253 e. The van der Waals surface area contributed by atoms with Gasteiger partial charge in [-0.25, -0.2) is 12.7 Å². The van der Waals surface area contributed by atoms with Gasteiger partial charge in [0.1, 0.15) is 0 Å². The minimum absolute atomic E-state index is 0.0257. The van der Waals surface area contributed by atoms with Crippen LogP contribution in [0.5, 0.6) is 0 Å². The molecular formula is C21H27ClN2O3S. The number of amides is 1. The van der Waals surface area contributed by atoms with Crippen molar-refractivity contribution in [3.8, 4) is 0 Å². The van der Waals surface area contributed by atoms with Gasteiger partial charge in [0.2, 0.25) is 10.0 Å². The van der Waals surface area contributed by atoms with Crippen molar-refractivity contribution in [3.63, 3.8) is 0 Å². The minimum atomic E-state index is -3.65. The molecule has 1 amide bonds. The Balaban J connectivity index is 2.20. The summed E-state index contributed by atoms with van der Waals surface area (Å²) in [6.07, 6.45) is 1.00. The molecule has 5 nitrogen and oxygen atoms in total. The van der Waals surface area contributed by atoms with Crippen molar-refractivity contribution in [2.24, 2.45) is 5.92 Å². The maximum absolute atomic E-state index is 12.7. The SMILES string of the molecule is CC(C)Cc1ccc([C@H](C)NC(=O)c2cc(S(=O)(=O)N(C)C)ccc2Cl)cc1. The molecule has 28 heavy (non-hydrogen) atoms. The average Bonchev–Trinajstić information content (AvgIpc) is 2.61. The van der Waals surface area contributed by atoms with Crippen LogP contribution in [0.1, 0.15) is 48.3 Å². The van der Waals surface area contributed by atoms with Crippen LogP contribution in [0.15, 0.2) is 47.4 Å². The van der Waals surface area contributed by atoms with Crippen molar-refractivity contribution in [2.75, 3.05) is 14.1 Å². The van der Waals surface area contributed by atoms with Crippen molar-refractivity contribution in [3.05, 3.63) is 64.2 Å². The average molecular weight is 423 g/mol. The van der Waals surface area contributed by atoms with Crippen LogP contribution in [-0.4, -0.2) is 32.7 Å². The lowest BCUT2D eigenvalue weighted by Gasteiger charge is -2.17. The van der Waals surface area contributed by atoms with E-state index in [-0.39, 0.29) is 21.5 Å². The van der Waals surface area contributed by atoms with Crippen molar-refractivity contribution in [1.29, 1.82) is 0 Å². The summed E-state index contributed by atoms with van der Waals surface area (Å²) in [5, 5.41) is 3.09. The van der Waals surface area contributed by atoms with E-state index in [0.717, 1.165) is 16.3 Å². The highest BCUT2D eigenvalue weighted by atomic mass is 35.5. The van der Waals surface area contributed by atoms with Crippen LogP contribution in [0.4, 0.5) is 0 Å². The monoisotopic (exact) mass is 422 g/mol. The van der Waals surface area contributed by atoms with Gasteiger partial charge < -0.3 is 5.32 Å². The topological polar surface area (TPSA) is 66.5 Å². The minimum Gasteiger partial charge on any atom is -0.345 e. The number of carbonyl (C=O) groups is 1. The molecule has 0 fully saturated rings. The number of sulfonamides is 1. The lowest BCUT2D eigenvalue weighted by Crippen LogP contribution is -2.28. The molecule has 1 N–H and O–H groups in total. The zero-order valence-corrected chi connectivity index (χ0v) is 18.4. The lowest BCUT2D eigenvalue weighted by atomic mass is 10.00. The van der Waals surface area contributed by atoms with Gasteiger partial charge in [-0.15, -0.1) is 0 Å². The lowest BCUT2D eigenvalue weighted by molar-refractivity contribution is 0.0940. The number of hydrogen-bond acceptors (Lipinski definition) is 3. The second kappa shape index (κ2) is 9.07. The zero-order chi connectivity index (χ0) is 21.1. The van der Waals surface area contributed by atoms with Crippen LogP contribution in [0, 0.1) is 5.92 Å². The number of nitrogens with one attached hydrogen (secondary N) is 1. The molecule has 0 spiro atoms. The van der Waals surface area contributed by atoms with Crippen LogP contribution in [-0.2, 0) is 16.4 Å². The largest absolute Gasteiger partial charge is 0.345 e. The van der Waals surface area contributed by atoms with E-state index in [4.69, 9.17) is 11.6 Å². The van der Waals surface area contributed by atoms with Gasteiger partial charge in [-0.3, -0.25) is 4.79 Å². The summed E-state index contributed by atoms with van der Waals surface area (Å²) in [7, 11) is -0.772. The summed E-state index contributed by atoms with van der Waals surface area (Å²) >= 11 is 6.15. The molecule has 2 aromatic rings. The molecule has 0 aliphatic carbocycles. The van der Waals surface area contributed by atoms with Crippen molar-refractivity contribution >= 4 is 27.5 Å². The fourth-order valence-corrected chi connectivity index (χ4v) is 3.95. The molecule has 2 aromatic carbocycles. The Morgan fingerprint density at radius 1 is 1.07 bits per heavy atom. The highest BCUT2D eigenvalue weighted by molar-refractivity contribution is 7.89. The van der Waals surface area contributed by atoms with Crippen LogP contribution in [0.2, 0.25) is 5.02 Å². The second-order valence-corrected chi connectivity index (χ2v) is 10.0. The number of nitrogens with zero attached hydrogens (tertiary/aromatic N) is 1. The van der Waals surface area contributed by atoms with Crippen LogP contribution in [0.3, 0.4) is 0 Å². The summed E-state index contributed by atoms with van der Waals surface area (Å²) < 4.78 is 25.7. The summed E-state index contributed by atoms with van der Waals surface area (Å²) in [5.74, 6) is 0.162. The predicted molar refractivity (Wildman–Crippen MR) is 113 cm³/mol. The third-order valence-corrected chi connectivity index (χ3v) is 6.57. The van der Waals surface area contributed by atoms with Crippen LogP contribution in [0.25, 0.3) is 0 Å². The molecule has 7 heteroatoms. The first-order valence-electron chi connectivity index (χ1n) is 9.14. The fourth-order valence-electron chi connectivity index (χ4n) is 2.82. The van der Waals surface area contributed by atoms with Crippen LogP contribution < -0.4 is 5.32 Å². The first-order valence-corrected chi connectivity index (χ1v) is 11.0. The van der Waals surface area contributed by atoms with Crippen LogP contribution >= 0.6 is 11.6 Å². The van der Waals surface area contributed by atoms with E-state index in [1.165, 1.54) is 37.9 Å². The van der Waals surface area contributed by atoms with Crippen molar-refractivity contribution in [1.82, 2.24) is 9.62 Å². The van der Waals surface area contributed by atoms with Crippen molar-refractivity contribution < 1.29 is 13.2 Å². The molecule has 0 bridgehead atoms. The molecular weight excluding hydrogens is 396 g/mol. The normalized spacial score (nSPS) is 13.0. The zero-order valence-electron chi connectivity index (χ0n) is 16.9. The van der Waals surface area contributed by atoms with Gasteiger partial charge in [0, 0.05) is 14.1 Å². The smallest absolute Gasteiger partial charge is 0.253 e. The van der Waals surface area contributed by atoms with Gasteiger partial charge in [0.15, 0.2) is 0 Å². The molecule has 0 saturated heterocycles. The third-order valence-electron chi connectivity index (χ3n) is 4.43. The Labute approximate surface area is 172 Å². The quantitative estimate of drug-likeness (QED) is 0.724. The summed E-state index contributed by atoms with van der Waals surface area (Å²) in [6, 6.07) is 12.0. The number of hydrogen-bond donors (Lipinski definition) is 1. The first-order chi connectivity index (χ1) is 13.0. The number of halogens is 1. The van der Waals surface area contributed by atoms with E-state index in [2.05, 4.69) is 31.3 Å². The van der Waals surface area contributed by atoms with E-state index in [9.17, 15) is 13.2 Å². The number of carbonyl (C=O) groups excluding carboxylic acids is 1. The molecule has 1 atom stereocenters. The molecule has 0 aliphatic rings. The number of benzene rings is 2. The third kappa shape index (κ3) is 5.34. The Morgan fingerprint density at radius 2 is 1.68 bits per heavy atom. The van der Waals surface area contributed by atoms with Gasteiger partial charge >= 0.3 is 0 Å². The molecule has 152 valence electrons. The highest BCUT2D eigenvalue weighted by Crippen LogP contribution is 2.23. The first kappa shape index (κ1) is 22.4. The Hall–Kier alpha value is -1.89. The molecule has 0 aromatic heterocycles. The standard InChI is InChI=1S/C21H27ClN2O3S/c1-14(2)12-16-6-8-17(9-7-16)15(3)23-21(25)19-13-18(10-11-20(19)22)28(26,27)24(4)5/h6-11,13-15H,12H2,1-5H3,(H,23,25)/t15-/m0/s1. The Morgan fingerprint density at radius 3 is 2.21 bits per heavy atom. The maximum atomic E-state index is 12.7. The highest BCUT2D eigenvalue weighted by Gasteiger charge is 2.21. The second-order valence-electron chi connectivity index (χ2n) is 7.46. The predicted octanol–water partition coefficient (Wildman–Crippen LogP) is 4.28. The van der Waals surface area contributed by atoms with E-state index in [1.807, 2.05) is 19.1 Å².